The number of ether oxygens (including phenoxy) is 2. The molecular weight excluding hydrogens is 803 g/mol. The van der Waals surface area contributed by atoms with Crippen LogP contribution in [0.4, 0.5) is 10.8 Å². The molecule has 2 aromatic carbocycles. The first-order chi connectivity index (χ1) is 28.8. The van der Waals surface area contributed by atoms with E-state index in [2.05, 4.69) is 20.7 Å². The lowest BCUT2D eigenvalue weighted by atomic mass is 10.0. The maximum Gasteiger partial charge on any atom is 0.259 e. The van der Waals surface area contributed by atoms with Crippen molar-refractivity contribution in [2.45, 2.75) is 113 Å². The first kappa shape index (κ1) is 41.5. The van der Waals surface area contributed by atoms with E-state index in [4.69, 9.17) is 19.4 Å². The Balaban J connectivity index is 1.13. The van der Waals surface area contributed by atoms with E-state index >= 15 is 0 Å². The Morgan fingerprint density at radius 3 is 2.58 bits per heavy atom. The van der Waals surface area contributed by atoms with Crippen molar-refractivity contribution in [3.8, 4) is 22.9 Å². The summed E-state index contributed by atoms with van der Waals surface area (Å²) in [5.41, 5.74) is 1.18. The maximum atomic E-state index is 14.8. The number of methoxy groups -OCH3 is 1. The van der Waals surface area contributed by atoms with Gasteiger partial charge in [0.05, 0.1) is 29.6 Å². The Kier molecular flexibility index (Phi) is 11.5. The molecule has 2 aromatic heterocycles. The molecule has 60 heavy (non-hydrogen) atoms. The first-order valence-electron chi connectivity index (χ1n) is 20.8. The molecule has 0 spiro atoms. The molecule has 4 aliphatic rings. The molecule has 0 bridgehead atoms. The van der Waals surface area contributed by atoms with E-state index in [0.717, 1.165) is 36.5 Å². The minimum atomic E-state index is -3.98. The van der Waals surface area contributed by atoms with Crippen LogP contribution in [-0.4, -0.2) is 89.2 Å². The number of carbonyl (C=O) groups is 3. The summed E-state index contributed by atoms with van der Waals surface area (Å²) < 4.78 is 40.2. The van der Waals surface area contributed by atoms with Crippen LogP contribution in [0.15, 0.2) is 72.1 Å². The zero-order valence-corrected chi connectivity index (χ0v) is 36.0. The third kappa shape index (κ3) is 8.67. The van der Waals surface area contributed by atoms with E-state index in [1.165, 1.54) is 11.3 Å². The van der Waals surface area contributed by atoms with Crippen molar-refractivity contribution in [2.75, 3.05) is 24.3 Å². The van der Waals surface area contributed by atoms with Gasteiger partial charge in [0, 0.05) is 47.0 Å². The number of allylic oxidation sites excluding steroid dienone is 1. The molecule has 1 saturated heterocycles. The summed E-state index contributed by atoms with van der Waals surface area (Å²) in [5, 5.41) is 13.2. The lowest BCUT2D eigenvalue weighted by Gasteiger charge is -2.30. The molecule has 5 atom stereocenters. The number of pyridine rings is 1. The van der Waals surface area contributed by atoms with Crippen LogP contribution >= 0.6 is 11.3 Å². The maximum absolute atomic E-state index is 14.8. The van der Waals surface area contributed by atoms with Crippen LogP contribution in [0.2, 0.25) is 0 Å². The van der Waals surface area contributed by atoms with Crippen LogP contribution in [-0.2, 0) is 24.4 Å². The molecule has 2 saturated carbocycles. The highest BCUT2D eigenvalue weighted by molar-refractivity contribution is 7.91. The summed E-state index contributed by atoms with van der Waals surface area (Å²) >= 11 is 1.48. The SMILES string of the molecule is COc1ccc2c(O[C@@H]3C[C@H]4C(=O)N[C@]5(C(=O)NS(=O)(=O)C6(C)CC6)C[C@H]5/C=C\CCCCC[C@H](Nc5ccccc5)C(=O)N4C3)cc(-c3csc(NC(C)C)n3)nc2c1. The minimum absolute atomic E-state index is 0.0909. The van der Waals surface area contributed by atoms with Crippen LogP contribution < -0.4 is 30.1 Å². The summed E-state index contributed by atoms with van der Waals surface area (Å²) in [7, 11) is -2.38. The van der Waals surface area contributed by atoms with Crippen LogP contribution in [0.5, 0.6) is 11.5 Å². The lowest BCUT2D eigenvalue weighted by molar-refractivity contribution is -0.140. The van der Waals surface area contributed by atoms with Crippen LogP contribution in [0.25, 0.3) is 22.3 Å². The van der Waals surface area contributed by atoms with Gasteiger partial charge in [-0.05, 0) is 83.6 Å². The average Bonchev–Trinajstić information content (AvgIpc) is 4.02. The Morgan fingerprint density at radius 1 is 1.03 bits per heavy atom. The smallest absolute Gasteiger partial charge is 0.259 e. The largest absolute Gasteiger partial charge is 0.497 e. The zero-order chi connectivity index (χ0) is 42.2. The van der Waals surface area contributed by atoms with Crippen molar-refractivity contribution in [1.82, 2.24) is 24.9 Å². The van der Waals surface area contributed by atoms with Crippen molar-refractivity contribution in [3.63, 3.8) is 0 Å². The normalized spacial score (nSPS) is 25.9. The van der Waals surface area contributed by atoms with Gasteiger partial charge in [-0.2, -0.15) is 0 Å². The third-order valence-corrected chi connectivity index (χ3v) is 15.0. The molecule has 3 amide bonds. The summed E-state index contributed by atoms with van der Waals surface area (Å²) in [6, 6.07) is 15.4. The molecule has 4 heterocycles. The molecule has 14 nitrogen and oxygen atoms in total. The monoisotopic (exact) mass is 855 g/mol. The van der Waals surface area contributed by atoms with Crippen molar-refractivity contribution < 1.29 is 32.3 Å². The zero-order valence-electron chi connectivity index (χ0n) is 34.4. The topological polar surface area (TPSA) is 181 Å². The number of amides is 3. The van der Waals surface area contributed by atoms with Crippen molar-refractivity contribution in [3.05, 3.63) is 72.1 Å². The molecule has 2 aliphatic carbocycles. The fourth-order valence-corrected chi connectivity index (χ4v) is 10.3. The average molecular weight is 856 g/mol. The summed E-state index contributed by atoms with van der Waals surface area (Å²) in [6.45, 7) is 5.80. The second-order valence-corrected chi connectivity index (χ2v) is 20.0. The van der Waals surface area contributed by atoms with Gasteiger partial charge < -0.3 is 30.3 Å². The molecule has 4 aromatic rings. The first-order valence-corrected chi connectivity index (χ1v) is 23.2. The second kappa shape index (κ2) is 16.7. The standard InChI is InChI=1S/C44H53N7O7S2/c1-27(2)45-42-48-36(26-59-42)35-23-38(32-18-17-30(57-4)21-34(32)47-35)58-31-22-37-39(52)49-44(41(54)50-60(55,56)43(3)19-20-43)24-28(44)13-9-6-5-7-12-16-33(40(53)51(37)25-31)46-29-14-10-8-11-15-29/h8-11,13-15,17-18,21,23,26-28,31,33,37,46H,5-7,12,16,19-20,22,24-25H2,1-4H3,(H,45,48)(H,49,52)(H,50,54)/b13-9-/t28-,31-,33+,37+,44-/m1/s1. The van der Waals surface area contributed by atoms with Crippen LogP contribution in [0.3, 0.4) is 0 Å². The number of rotatable bonds is 11. The van der Waals surface area contributed by atoms with E-state index in [-0.39, 0.29) is 31.3 Å². The van der Waals surface area contributed by atoms with E-state index in [1.807, 2.05) is 86.0 Å². The van der Waals surface area contributed by atoms with Crippen LogP contribution in [0.1, 0.15) is 78.6 Å². The number of sulfonamides is 1. The molecule has 0 radical (unpaired) electrons. The number of benzene rings is 2. The fraction of sp³-hybridized carbons (Fsp3) is 0.477. The molecule has 16 heteroatoms. The number of anilines is 2. The van der Waals surface area contributed by atoms with E-state index in [1.54, 1.807) is 18.9 Å². The highest BCUT2D eigenvalue weighted by Gasteiger charge is 2.63. The van der Waals surface area contributed by atoms with Gasteiger partial charge in [0.15, 0.2) is 5.13 Å². The number of thiazole rings is 1. The van der Waals surface area contributed by atoms with Gasteiger partial charge in [0.1, 0.15) is 40.9 Å². The van der Waals surface area contributed by atoms with Crippen molar-refractivity contribution >= 4 is 60.8 Å². The van der Waals surface area contributed by atoms with Gasteiger partial charge in [0.25, 0.3) is 5.91 Å². The van der Waals surface area contributed by atoms with Gasteiger partial charge in [0.2, 0.25) is 21.8 Å². The molecule has 8 rings (SSSR count). The molecular formula is C44H53N7O7S2. The third-order valence-electron chi connectivity index (χ3n) is 12.0. The number of para-hydroxylation sites is 1. The number of nitrogens with one attached hydrogen (secondary N) is 4. The number of aromatic nitrogens is 2. The quantitative estimate of drug-likeness (QED) is 0.123. The molecule has 3 fully saturated rings. The summed E-state index contributed by atoms with van der Waals surface area (Å²) in [5.74, 6) is -0.831. The number of hydrogen-bond acceptors (Lipinski definition) is 12. The lowest BCUT2D eigenvalue weighted by Crippen LogP contribution is -2.58. The Hall–Kier alpha value is -5.22. The Morgan fingerprint density at radius 2 is 1.83 bits per heavy atom. The summed E-state index contributed by atoms with van der Waals surface area (Å²) in [6.07, 6.45) is 8.40. The highest BCUT2D eigenvalue weighted by atomic mass is 32.2. The molecule has 318 valence electrons. The van der Waals surface area contributed by atoms with E-state index < -0.39 is 56.2 Å². The van der Waals surface area contributed by atoms with Gasteiger partial charge in [-0.3, -0.25) is 19.1 Å². The van der Waals surface area contributed by atoms with Crippen molar-refractivity contribution in [1.29, 1.82) is 0 Å². The fourth-order valence-electron chi connectivity index (χ4n) is 8.10. The van der Waals surface area contributed by atoms with Crippen molar-refractivity contribution in [2.24, 2.45) is 5.92 Å². The molecule has 2 aliphatic heterocycles. The van der Waals surface area contributed by atoms with Crippen LogP contribution in [0, 0.1) is 5.92 Å². The molecule has 4 N–H and O–H groups in total. The van der Waals surface area contributed by atoms with Gasteiger partial charge in [-0.15, -0.1) is 11.3 Å². The number of nitrogens with zero attached hydrogens (tertiary/aromatic N) is 3. The van der Waals surface area contributed by atoms with Gasteiger partial charge in [-0.1, -0.05) is 43.2 Å². The highest BCUT2D eigenvalue weighted by Crippen LogP contribution is 2.48. The summed E-state index contributed by atoms with van der Waals surface area (Å²) in [4.78, 5) is 54.8. The molecule has 0 unspecified atom stereocenters. The van der Waals surface area contributed by atoms with Gasteiger partial charge >= 0.3 is 0 Å². The van der Waals surface area contributed by atoms with E-state index in [0.29, 0.717) is 53.1 Å². The Bertz CT molecular complexity index is 2400. The Labute approximate surface area is 355 Å². The number of fused-ring (bicyclic) bond motifs is 3. The second-order valence-electron chi connectivity index (χ2n) is 17.0. The van der Waals surface area contributed by atoms with E-state index in [9.17, 15) is 22.8 Å². The number of carbonyl (C=O) groups excluding carboxylic acids is 3. The van der Waals surface area contributed by atoms with Gasteiger partial charge in [-0.25, -0.2) is 18.4 Å². The number of hydrogen-bond donors (Lipinski definition) is 4. The predicted molar refractivity (Wildman–Crippen MR) is 232 cm³/mol. The predicted octanol–water partition coefficient (Wildman–Crippen LogP) is 6.41. The minimum Gasteiger partial charge on any atom is -0.497 e.